The molecule has 19 heavy (non-hydrogen) atoms. The highest BCUT2D eigenvalue weighted by atomic mass is 19.1. The van der Waals surface area contributed by atoms with Crippen LogP contribution >= 0.6 is 0 Å². The highest BCUT2D eigenvalue weighted by Crippen LogP contribution is 2.58. The van der Waals surface area contributed by atoms with Gasteiger partial charge in [0, 0.05) is 5.41 Å². The highest BCUT2D eigenvalue weighted by molar-refractivity contribution is 5.47. The van der Waals surface area contributed by atoms with Crippen LogP contribution in [0.4, 0.5) is 4.39 Å². The Balaban J connectivity index is 2.02. The summed E-state index contributed by atoms with van der Waals surface area (Å²) >= 11 is 0. The first-order chi connectivity index (χ1) is 9.27. The van der Waals surface area contributed by atoms with Crippen molar-refractivity contribution in [1.82, 2.24) is 5.32 Å². The molecule has 2 unspecified atom stereocenters. The van der Waals surface area contributed by atoms with Crippen LogP contribution in [0.2, 0.25) is 0 Å². The van der Waals surface area contributed by atoms with E-state index in [1.807, 2.05) is 25.2 Å². The molecule has 0 saturated heterocycles. The Labute approximate surface area is 113 Å². The van der Waals surface area contributed by atoms with E-state index in [2.05, 4.69) is 29.6 Å². The number of benzene rings is 2. The molecule has 1 saturated carbocycles. The molecule has 1 N–H and O–H groups in total. The van der Waals surface area contributed by atoms with Gasteiger partial charge in [-0.3, -0.25) is 0 Å². The highest BCUT2D eigenvalue weighted by Gasteiger charge is 2.55. The second-order valence-corrected chi connectivity index (χ2v) is 5.30. The maximum absolute atomic E-state index is 13.1. The Morgan fingerprint density at radius 3 is 2.32 bits per heavy atom. The predicted octanol–water partition coefficient (Wildman–Crippen LogP) is 3.35. The third-order valence-electron chi connectivity index (χ3n) is 4.20. The molecule has 0 amide bonds. The Bertz CT molecular complexity index is 549. The number of hydrogen-bond acceptors (Lipinski definition) is 1. The number of hydrogen-bond donors (Lipinski definition) is 1. The van der Waals surface area contributed by atoms with Crippen LogP contribution in [0.5, 0.6) is 0 Å². The van der Waals surface area contributed by atoms with Crippen LogP contribution in [-0.4, -0.2) is 13.6 Å². The zero-order valence-corrected chi connectivity index (χ0v) is 11.1. The van der Waals surface area contributed by atoms with Crippen molar-refractivity contribution in [2.24, 2.45) is 5.92 Å². The Hall–Kier alpha value is -1.67. The molecular weight excluding hydrogens is 237 g/mol. The Morgan fingerprint density at radius 1 is 1.05 bits per heavy atom. The quantitative estimate of drug-likeness (QED) is 0.883. The Morgan fingerprint density at radius 2 is 1.68 bits per heavy atom. The molecular formula is C17H18FN. The lowest BCUT2D eigenvalue weighted by Gasteiger charge is -2.19. The van der Waals surface area contributed by atoms with Gasteiger partial charge in [0.15, 0.2) is 0 Å². The SMILES string of the molecule is CNCC1CC1(c1ccccc1)c1ccc(F)cc1. The van der Waals surface area contributed by atoms with Crippen molar-refractivity contribution >= 4 is 0 Å². The second-order valence-electron chi connectivity index (χ2n) is 5.30. The van der Waals surface area contributed by atoms with E-state index in [9.17, 15) is 4.39 Å². The monoisotopic (exact) mass is 255 g/mol. The van der Waals surface area contributed by atoms with Crippen molar-refractivity contribution in [3.05, 3.63) is 71.5 Å². The first kappa shape index (κ1) is 12.4. The molecule has 0 aliphatic heterocycles. The molecule has 2 heteroatoms. The molecule has 2 aromatic rings. The molecule has 1 aliphatic rings. The molecule has 0 radical (unpaired) electrons. The molecule has 98 valence electrons. The summed E-state index contributed by atoms with van der Waals surface area (Å²) in [6, 6.07) is 17.5. The molecule has 3 rings (SSSR count). The molecule has 1 aliphatic carbocycles. The van der Waals surface area contributed by atoms with E-state index < -0.39 is 0 Å². The summed E-state index contributed by atoms with van der Waals surface area (Å²) in [5.41, 5.74) is 2.63. The predicted molar refractivity (Wildman–Crippen MR) is 75.7 cm³/mol. The van der Waals surface area contributed by atoms with Gasteiger partial charge in [0.25, 0.3) is 0 Å². The first-order valence-corrected chi connectivity index (χ1v) is 6.73. The van der Waals surface area contributed by atoms with Crippen LogP contribution in [0.15, 0.2) is 54.6 Å². The summed E-state index contributed by atoms with van der Waals surface area (Å²) in [4.78, 5) is 0. The van der Waals surface area contributed by atoms with E-state index in [0.717, 1.165) is 13.0 Å². The smallest absolute Gasteiger partial charge is 0.123 e. The molecule has 2 aromatic carbocycles. The third-order valence-corrected chi connectivity index (χ3v) is 4.20. The summed E-state index contributed by atoms with van der Waals surface area (Å²) < 4.78 is 13.1. The van der Waals surface area contributed by atoms with E-state index in [-0.39, 0.29) is 11.2 Å². The standard InChI is InChI=1S/C17H18FN/c1-19-12-15-11-17(15,13-5-3-2-4-6-13)14-7-9-16(18)10-8-14/h2-10,15,19H,11-12H2,1H3. The van der Waals surface area contributed by atoms with Gasteiger partial charge in [-0.05, 0) is 49.2 Å². The van der Waals surface area contributed by atoms with Crippen LogP contribution < -0.4 is 5.32 Å². The lowest BCUT2D eigenvalue weighted by Crippen LogP contribution is -2.19. The van der Waals surface area contributed by atoms with Gasteiger partial charge in [-0.1, -0.05) is 42.5 Å². The normalized spacial score (nSPS) is 25.3. The summed E-state index contributed by atoms with van der Waals surface area (Å²) in [5.74, 6) is 0.420. The van der Waals surface area contributed by atoms with Gasteiger partial charge < -0.3 is 5.32 Å². The molecule has 0 heterocycles. The maximum atomic E-state index is 13.1. The van der Waals surface area contributed by atoms with E-state index in [4.69, 9.17) is 0 Å². The second kappa shape index (κ2) is 4.78. The summed E-state index contributed by atoms with van der Waals surface area (Å²) in [7, 11) is 1.98. The largest absolute Gasteiger partial charge is 0.319 e. The van der Waals surface area contributed by atoms with Gasteiger partial charge in [-0.15, -0.1) is 0 Å². The van der Waals surface area contributed by atoms with Crippen molar-refractivity contribution in [3.8, 4) is 0 Å². The fraction of sp³-hybridized carbons (Fsp3) is 0.294. The Kier molecular flexibility index (Phi) is 3.11. The van der Waals surface area contributed by atoms with E-state index in [1.54, 1.807) is 12.1 Å². The fourth-order valence-electron chi connectivity index (χ4n) is 3.18. The molecule has 0 bridgehead atoms. The lowest BCUT2D eigenvalue weighted by molar-refractivity contribution is 0.619. The molecule has 0 aromatic heterocycles. The zero-order valence-electron chi connectivity index (χ0n) is 11.1. The van der Waals surface area contributed by atoms with Gasteiger partial charge in [0.1, 0.15) is 5.82 Å². The molecule has 2 atom stereocenters. The van der Waals surface area contributed by atoms with Crippen molar-refractivity contribution < 1.29 is 4.39 Å². The van der Waals surface area contributed by atoms with Gasteiger partial charge >= 0.3 is 0 Å². The van der Waals surface area contributed by atoms with Gasteiger partial charge in [0.05, 0.1) is 0 Å². The van der Waals surface area contributed by atoms with Crippen LogP contribution in [0.25, 0.3) is 0 Å². The number of rotatable bonds is 4. The van der Waals surface area contributed by atoms with Crippen molar-refractivity contribution in [3.63, 3.8) is 0 Å². The minimum absolute atomic E-state index is 0.0674. The van der Waals surface area contributed by atoms with Crippen LogP contribution in [0, 0.1) is 11.7 Å². The summed E-state index contributed by atoms with van der Waals surface area (Å²) in [5, 5.41) is 3.26. The minimum Gasteiger partial charge on any atom is -0.319 e. The van der Waals surface area contributed by atoms with Gasteiger partial charge in [-0.2, -0.15) is 0 Å². The van der Waals surface area contributed by atoms with Crippen molar-refractivity contribution in [1.29, 1.82) is 0 Å². The molecule has 0 spiro atoms. The molecule has 1 fully saturated rings. The van der Waals surface area contributed by atoms with Crippen LogP contribution in [0.3, 0.4) is 0 Å². The van der Waals surface area contributed by atoms with Crippen molar-refractivity contribution in [2.75, 3.05) is 13.6 Å². The van der Waals surface area contributed by atoms with E-state index in [0.29, 0.717) is 5.92 Å². The number of nitrogens with one attached hydrogen (secondary N) is 1. The van der Waals surface area contributed by atoms with Gasteiger partial charge in [-0.25, -0.2) is 4.39 Å². The summed E-state index contributed by atoms with van der Waals surface area (Å²) in [6.07, 6.45) is 1.13. The van der Waals surface area contributed by atoms with E-state index in [1.165, 1.54) is 11.1 Å². The third kappa shape index (κ3) is 2.06. The topological polar surface area (TPSA) is 12.0 Å². The summed E-state index contributed by atoms with van der Waals surface area (Å²) in [6.45, 7) is 0.992. The lowest BCUT2D eigenvalue weighted by atomic mass is 9.85. The molecule has 1 nitrogen and oxygen atoms in total. The zero-order chi connectivity index (χ0) is 13.3. The number of halogens is 1. The maximum Gasteiger partial charge on any atom is 0.123 e. The van der Waals surface area contributed by atoms with E-state index >= 15 is 0 Å². The minimum atomic E-state index is -0.169. The average molecular weight is 255 g/mol. The van der Waals surface area contributed by atoms with Crippen LogP contribution in [-0.2, 0) is 5.41 Å². The average Bonchev–Trinajstić information content (AvgIpc) is 3.16. The first-order valence-electron chi connectivity index (χ1n) is 6.73. The van der Waals surface area contributed by atoms with Crippen molar-refractivity contribution in [2.45, 2.75) is 11.8 Å². The van der Waals surface area contributed by atoms with Crippen LogP contribution in [0.1, 0.15) is 17.5 Å². The van der Waals surface area contributed by atoms with Gasteiger partial charge in [0.2, 0.25) is 0 Å². The fourth-order valence-corrected chi connectivity index (χ4v) is 3.18.